The number of ether oxygens (including phenoxy) is 1. The predicted octanol–water partition coefficient (Wildman–Crippen LogP) is 3.86. The lowest BCUT2D eigenvalue weighted by molar-refractivity contribution is -0.120. The molecule has 1 N–H and O–H groups in total. The summed E-state index contributed by atoms with van der Waals surface area (Å²) in [7, 11) is -2.11. The first kappa shape index (κ1) is 20.3. The lowest BCUT2D eigenvalue weighted by Crippen LogP contribution is -2.49. The molecule has 1 saturated heterocycles. The molecule has 0 radical (unpaired) electrons. The number of amides is 1. The van der Waals surface area contributed by atoms with Gasteiger partial charge in [-0.2, -0.15) is 4.31 Å². The highest BCUT2D eigenvalue weighted by Gasteiger charge is 2.38. The first-order valence-electron chi connectivity index (χ1n) is 9.22. The van der Waals surface area contributed by atoms with Crippen molar-refractivity contribution >= 4 is 54.0 Å². The number of hydrogen-bond donors (Lipinski definition) is 1. The van der Waals surface area contributed by atoms with E-state index in [-0.39, 0.29) is 10.1 Å². The number of aromatic nitrogens is 1. The maximum atomic E-state index is 13.0. The summed E-state index contributed by atoms with van der Waals surface area (Å²) in [5.41, 5.74) is 1.73. The molecule has 1 aliphatic rings. The minimum atomic E-state index is -3.69. The zero-order valence-corrected chi connectivity index (χ0v) is 18.5. The molecule has 0 aliphatic carbocycles. The van der Waals surface area contributed by atoms with Gasteiger partial charge in [-0.3, -0.25) is 4.79 Å². The van der Waals surface area contributed by atoms with Crippen molar-refractivity contribution in [1.29, 1.82) is 0 Å². The largest absolute Gasteiger partial charge is 0.494 e. The topological polar surface area (TPSA) is 88.6 Å². The van der Waals surface area contributed by atoms with Gasteiger partial charge in [-0.1, -0.05) is 29.9 Å². The first-order valence-corrected chi connectivity index (χ1v) is 12.4. The molecule has 1 unspecified atom stereocenters. The Morgan fingerprint density at radius 2 is 2.14 bits per heavy atom. The third-order valence-electron chi connectivity index (χ3n) is 4.97. The molecule has 1 fully saturated rings. The molecule has 2 aromatic heterocycles. The number of carbonyl (C=O) groups is 1. The molecule has 1 atom stereocenters. The lowest BCUT2D eigenvalue weighted by atomic mass is 10.0. The number of piperidine rings is 1. The van der Waals surface area contributed by atoms with Crippen LogP contribution < -0.4 is 10.1 Å². The molecule has 0 bridgehead atoms. The van der Waals surface area contributed by atoms with Crippen molar-refractivity contribution in [2.75, 3.05) is 19.0 Å². The van der Waals surface area contributed by atoms with Gasteiger partial charge in [0.1, 0.15) is 21.5 Å². The number of rotatable bonds is 5. The van der Waals surface area contributed by atoms with Crippen LogP contribution in [-0.4, -0.2) is 43.3 Å². The summed E-state index contributed by atoms with van der Waals surface area (Å²) in [6, 6.07) is 6.33. The van der Waals surface area contributed by atoms with Crippen molar-refractivity contribution in [2.45, 2.75) is 36.4 Å². The summed E-state index contributed by atoms with van der Waals surface area (Å²) >= 11 is 2.53. The average Bonchev–Trinajstić information content (AvgIpc) is 3.39. The Balaban J connectivity index is 1.61. The number of aryl methyl sites for hydroxylation is 1. The minimum Gasteiger partial charge on any atom is -0.494 e. The summed E-state index contributed by atoms with van der Waals surface area (Å²) in [6.07, 6.45) is 2.04. The van der Waals surface area contributed by atoms with Crippen LogP contribution >= 0.6 is 22.7 Å². The van der Waals surface area contributed by atoms with Crippen molar-refractivity contribution in [3.63, 3.8) is 0 Å². The first-order chi connectivity index (χ1) is 13.9. The number of benzene rings is 1. The Hall–Kier alpha value is -2.01. The van der Waals surface area contributed by atoms with Crippen LogP contribution in [0, 0.1) is 6.92 Å². The van der Waals surface area contributed by atoms with Gasteiger partial charge in [0, 0.05) is 6.54 Å². The SMILES string of the molecule is COc1ccc(C)c2sc(NC(=O)C3CCCCN3S(=O)(=O)c3cccs3)nc12. The highest BCUT2D eigenvalue weighted by molar-refractivity contribution is 7.91. The van der Waals surface area contributed by atoms with Gasteiger partial charge in [0.15, 0.2) is 5.13 Å². The average molecular weight is 452 g/mol. The van der Waals surface area contributed by atoms with Gasteiger partial charge in [-0.05, 0) is 42.8 Å². The standard InChI is InChI=1S/C19H21N3O4S3/c1-12-8-9-14(26-2)16-17(12)28-19(20-16)21-18(23)13-6-3-4-10-22(13)29(24,25)15-7-5-11-27-15/h5,7-9,11,13H,3-4,6,10H2,1-2H3,(H,20,21,23). The van der Waals surface area contributed by atoms with Gasteiger partial charge in [0.05, 0.1) is 11.8 Å². The molecule has 154 valence electrons. The van der Waals surface area contributed by atoms with Crippen LogP contribution in [0.5, 0.6) is 5.75 Å². The van der Waals surface area contributed by atoms with E-state index in [9.17, 15) is 13.2 Å². The second-order valence-corrected chi connectivity index (χ2v) is 10.9. The van der Waals surface area contributed by atoms with Gasteiger partial charge in [-0.15, -0.1) is 11.3 Å². The quantitative estimate of drug-likeness (QED) is 0.636. The monoisotopic (exact) mass is 451 g/mol. The molecule has 1 aliphatic heterocycles. The molecular formula is C19H21N3O4S3. The fourth-order valence-electron chi connectivity index (χ4n) is 3.50. The number of anilines is 1. The lowest BCUT2D eigenvalue weighted by Gasteiger charge is -2.32. The molecule has 4 rings (SSSR count). The van der Waals surface area contributed by atoms with E-state index in [2.05, 4.69) is 10.3 Å². The van der Waals surface area contributed by atoms with Crippen LogP contribution in [0.1, 0.15) is 24.8 Å². The van der Waals surface area contributed by atoms with Gasteiger partial charge in [0.25, 0.3) is 10.0 Å². The number of carbonyl (C=O) groups excluding carboxylic acids is 1. The number of thiazole rings is 1. The molecule has 7 nitrogen and oxygen atoms in total. The molecule has 29 heavy (non-hydrogen) atoms. The summed E-state index contributed by atoms with van der Waals surface area (Å²) in [6.45, 7) is 2.31. The Morgan fingerprint density at radius 1 is 1.31 bits per heavy atom. The summed E-state index contributed by atoms with van der Waals surface area (Å²) < 4.78 is 33.9. The number of methoxy groups -OCH3 is 1. The van der Waals surface area contributed by atoms with Crippen molar-refractivity contribution in [2.24, 2.45) is 0 Å². The fourth-order valence-corrected chi connectivity index (χ4v) is 7.23. The third-order valence-corrected chi connectivity index (χ3v) is 9.36. The molecule has 3 aromatic rings. The highest BCUT2D eigenvalue weighted by atomic mass is 32.2. The summed E-state index contributed by atoms with van der Waals surface area (Å²) in [5, 5.41) is 5.00. The minimum absolute atomic E-state index is 0.262. The number of thiophene rings is 1. The molecule has 3 heterocycles. The van der Waals surface area contributed by atoms with Crippen molar-refractivity contribution in [1.82, 2.24) is 9.29 Å². The maximum absolute atomic E-state index is 13.0. The number of nitrogens with zero attached hydrogens (tertiary/aromatic N) is 2. The number of sulfonamides is 1. The molecule has 0 saturated carbocycles. The van der Waals surface area contributed by atoms with E-state index in [4.69, 9.17) is 4.74 Å². The van der Waals surface area contributed by atoms with Gasteiger partial charge >= 0.3 is 0 Å². The summed E-state index contributed by atoms with van der Waals surface area (Å²) in [5.74, 6) is 0.294. The second-order valence-electron chi connectivity index (χ2n) is 6.83. The normalized spacial score (nSPS) is 18.1. The smallest absolute Gasteiger partial charge is 0.253 e. The number of nitrogens with one attached hydrogen (secondary N) is 1. The van der Waals surface area contributed by atoms with Gasteiger partial charge < -0.3 is 10.1 Å². The highest BCUT2D eigenvalue weighted by Crippen LogP contribution is 2.35. The van der Waals surface area contributed by atoms with Crippen molar-refractivity contribution in [3.05, 3.63) is 35.2 Å². The van der Waals surface area contributed by atoms with Crippen LogP contribution in [-0.2, 0) is 14.8 Å². The molecule has 0 spiro atoms. The third kappa shape index (κ3) is 3.77. The Bertz CT molecular complexity index is 1140. The van der Waals surface area contributed by atoms with E-state index in [1.165, 1.54) is 15.6 Å². The van der Waals surface area contributed by atoms with Crippen LogP contribution in [0.15, 0.2) is 33.9 Å². The number of hydrogen-bond acceptors (Lipinski definition) is 7. The summed E-state index contributed by atoms with van der Waals surface area (Å²) in [4.78, 5) is 17.5. The van der Waals surface area contributed by atoms with E-state index in [0.29, 0.717) is 29.4 Å². The second kappa shape index (κ2) is 8.02. The molecule has 1 aromatic carbocycles. The zero-order chi connectivity index (χ0) is 20.6. The predicted molar refractivity (Wildman–Crippen MR) is 115 cm³/mol. The Morgan fingerprint density at radius 3 is 2.86 bits per heavy atom. The van der Waals surface area contributed by atoms with Crippen molar-refractivity contribution in [3.8, 4) is 5.75 Å². The van der Waals surface area contributed by atoms with Crippen LogP contribution in [0.4, 0.5) is 5.13 Å². The van der Waals surface area contributed by atoms with Crippen LogP contribution in [0.3, 0.4) is 0 Å². The fraction of sp³-hybridized carbons (Fsp3) is 0.368. The van der Waals surface area contributed by atoms with Crippen LogP contribution in [0.2, 0.25) is 0 Å². The van der Waals surface area contributed by atoms with Gasteiger partial charge in [-0.25, -0.2) is 13.4 Å². The molecular weight excluding hydrogens is 430 g/mol. The zero-order valence-electron chi connectivity index (χ0n) is 16.0. The van der Waals surface area contributed by atoms with E-state index < -0.39 is 16.1 Å². The number of fused-ring (bicyclic) bond motifs is 1. The Kier molecular flexibility index (Phi) is 5.60. The van der Waals surface area contributed by atoms with E-state index >= 15 is 0 Å². The Labute approximate surface area is 177 Å². The van der Waals surface area contributed by atoms with Gasteiger partial charge in [0.2, 0.25) is 5.91 Å². The molecule has 1 amide bonds. The molecule has 10 heteroatoms. The van der Waals surface area contributed by atoms with E-state index in [0.717, 1.165) is 34.4 Å². The van der Waals surface area contributed by atoms with E-state index in [1.54, 1.807) is 24.6 Å². The van der Waals surface area contributed by atoms with Crippen LogP contribution in [0.25, 0.3) is 10.2 Å². The van der Waals surface area contributed by atoms with Crippen molar-refractivity contribution < 1.29 is 17.9 Å². The van der Waals surface area contributed by atoms with E-state index in [1.807, 2.05) is 19.1 Å². The maximum Gasteiger partial charge on any atom is 0.253 e.